The summed E-state index contributed by atoms with van der Waals surface area (Å²) in [5.74, 6) is 0.842. The third-order valence-electron chi connectivity index (χ3n) is 4.05. The molecular weight excluding hydrogens is 409 g/mol. The number of imidazole rings is 1. The Morgan fingerprint density at radius 3 is 2.64 bits per heavy atom. The van der Waals surface area contributed by atoms with Gasteiger partial charge < -0.3 is 15.2 Å². The van der Waals surface area contributed by atoms with Crippen LogP contribution in [0, 0.1) is 6.92 Å². The molecule has 0 saturated heterocycles. The molecule has 0 aliphatic rings. The number of rotatable bonds is 4. The van der Waals surface area contributed by atoms with Crippen molar-refractivity contribution >= 4 is 34.6 Å². The highest BCUT2D eigenvalue weighted by molar-refractivity contribution is 7.80. The zero-order valence-corrected chi connectivity index (χ0v) is 16.3. The largest absolute Gasteiger partial charge is 0.417 e. The lowest BCUT2D eigenvalue weighted by Crippen LogP contribution is -2.28. The lowest BCUT2D eigenvalue weighted by Gasteiger charge is -2.16. The number of thiocarbonyl (C=S) groups is 1. The van der Waals surface area contributed by atoms with Crippen LogP contribution in [0.25, 0.3) is 5.69 Å². The molecule has 0 unspecified atom stereocenters. The molecule has 2 N–H and O–H groups in total. The summed E-state index contributed by atoms with van der Waals surface area (Å²) in [4.78, 5) is 4.22. The van der Waals surface area contributed by atoms with Crippen LogP contribution >= 0.6 is 23.8 Å². The van der Waals surface area contributed by atoms with E-state index in [4.69, 9.17) is 23.8 Å². The van der Waals surface area contributed by atoms with Gasteiger partial charge in [-0.3, -0.25) is 0 Å². The van der Waals surface area contributed by atoms with Crippen LogP contribution in [-0.2, 0) is 12.7 Å². The van der Waals surface area contributed by atoms with E-state index in [1.807, 2.05) is 42.0 Å². The van der Waals surface area contributed by atoms with Crippen molar-refractivity contribution in [1.29, 1.82) is 0 Å². The molecular formula is C19H16ClF3N4S. The van der Waals surface area contributed by atoms with Gasteiger partial charge in [0.05, 0.1) is 16.3 Å². The summed E-state index contributed by atoms with van der Waals surface area (Å²) in [7, 11) is 0. The Hall–Kier alpha value is -2.58. The van der Waals surface area contributed by atoms with Crippen LogP contribution in [0.15, 0.2) is 54.9 Å². The molecule has 0 bridgehead atoms. The van der Waals surface area contributed by atoms with E-state index in [0.717, 1.165) is 23.1 Å². The van der Waals surface area contributed by atoms with Crippen LogP contribution in [0.2, 0.25) is 5.02 Å². The van der Waals surface area contributed by atoms with Crippen molar-refractivity contribution in [2.75, 3.05) is 5.32 Å². The Morgan fingerprint density at radius 2 is 1.96 bits per heavy atom. The predicted molar refractivity (Wildman–Crippen MR) is 108 cm³/mol. The van der Waals surface area contributed by atoms with Gasteiger partial charge >= 0.3 is 6.18 Å². The lowest BCUT2D eigenvalue weighted by atomic mass is 10.1. The van der Waals surface area contributed by atoms with Crippen LogP contribution in [0.4, 0.5) is 18.9 Å². The molecule has 2 aromatic carbocycles. The van der Waals surface area contributed by atoms with Crippen molar-refractivity contribution < 1.29 is 13.2 Å². The molecule has 0 spiro atoms. The maximum absolute atomic E-state index is 13.0. The topological polar surface area (TPSA) is 41.9 Å². The summed E-state index contributed by atoms with van der Waals surface area (Å²) >= 11 is 10.9. The lowest BCUT2D eigenvalue weighted by molar-refractivity contribution is -0.137. The van der Waals surface area contributed by atoms with Gasteiger partial charge in [-0.05, 0) is 49.0 Å². The zero-order chi connectivity index (χ0) is 20.3. The quantitative estimate of drug-likeness (QED) is 0.555. The van der Waals surface area contributed by atoms with E-state index in [1.54, 1.807) is 6.20 Å². The zero-order valence-electron chi connectivity index (χ0n) is 14.7. The Kier molecular flexibility index (Phi) is 5.90. The third-order valence-corrected chi connectivity index (χ3v) is 4.62. The van der Waals surface area contributed by atoms with Gasteiger partial charge in [0.25, 0.3) is 0 Å². The molecule has 1 aromatic heterocycles. The number of halogens is 4. The highest BCUT2D eigenvalue weighted by Crippen LogP contribution is 2.36. The number of para-hydroxylation sites is 1. The summed E-state index contributed by atoms with van der Waals surface area (Å²) in [5, 5.41) is 5.62. The van der Waals surface area contributed by atoms with Gasteiger partial charge in [0.15, 0.2) is 5.11 Å². The second kappa shape index (κ2) is 8.20. The Labute approximate surface area is 170 Å². The number of hydrogen-bond donors (Lipinski definition) is 2. The molecule has 3 aromatic rings. The van der Waals surface area contributed by atoms with Gasteiger partial charge in [-0.25, -0.2) is 4.98 Å². The molecule has 9 heteroatoms. The first-order valence-corrected chi connectivity index (χ1v) is 9.04. The van der Waals surface area contributed by atoms with Gasteiger partial charge in [0.1, 0.15) is 5.82 Å². The van der Waals surface area contributed by atoms with Crippen molar-refractivity contribution in [3.8, 4) is 5.69 Å². The number of nitrogens with one attached hydrogen (secondary N) is 2. The van der Waals surface area contributed by atoms with Gasteiger partial charge in [-0.15, -0.1) is 0 Å². The summed E-state index contributed by atoms with van der Waals surface area (Å²) in [6, 6.07) is 11.3. The fourth-order valence-electron chi connectivity index (χ4n) is 2.70. The standard InChI is InChI=1S/C19H16ClF3N4S/c1-12-24-8-9-27(12)17-5-3-2-4-13(17)11-25-18(28)26-14-6-7-16(20)15(10-14)19(21,22)23/h2-10H,11H2,1H3,(H2,25,26,28). The summed E-state index contributed by atoms with van der Waals surface area (Å²) < 4.78 is 40.9. The molecule has 28 heavy (non-hydrogen) atoms. The molecule has 0 amide bonds. The first kappa shape index (κ1) is 20.2. The molecule has 0 fully saturated rings. The van der Waals surface area contributed by atoms with Crippen LogP contribution < -0.4 is 10.6 Å². The van der Waals surface area contributed by atoms with E-state index in [0.29, 0.717) is 6.54 Å². The minimum atomic E-state index is -4.54. The number of alkyl halides is 3. The number of aryl methyl sites for hydroxylation is 1. The van der Waals surface area contributed by atoms with Crippen molar-refractivity contribution in [2.45, 2.75) is 19.6 Å². The van der Waals surface area contributed by atoms with Crippen molar-refractivity contribution in [2.24, 2.45) is 0 Å². The smallest absolute Gasteiger partial charge is 0.358 e. The molecule has 0 aliphatic heterocycles. The maximum Gasteiger partial charge on any atom is 0.417 e. The number of aromatic nitrogens is 2. The molecule has 146 valence electrons. The number of benzene rings is 2. The van der Waals surface area contributed by atoms with E-state index in [2.05, 4.69) is 15.6 Å². The molecule has 0 aliphatic carbocycles. The van der Waals surface area contributed by atoms with Crippen LogP contribution in [-0.4, -0.2) is 14.7 Å². The average molecular weight is 425 g/mol. The van der Waals surface area contributed by atoms with Crippen LogP contribution in [0.1, 0.15) is 17.0 Å². The highest BCUT2D eigenvalue weighted by Gasteiger charge is 2.33. The molecule has 0 saturated carbocycles. The van der Waals surface area contributed by atoms with Crippen LogP contribution in [0.3, 0.4) is 0 Å². The molecule has 0 atom stereocenters. The molecule has 0 radical (unpaired) electrons. The van der Waals surface area contributed by atoms with E-state index in [-0.39, 0.29) is 15.8 Å². The Morgan fingerprint density at radius 1 is 1.21 bits per heavy atom. The van der Waals surface area contributed by atoms with Crippen molar-refractivity contribution in [3.63, 3.8) is 0 Å². The summed E-state index contributed by atoms with van der Waals surface area (Å²) in [6.07, 6.45) is -0.965. The van der Waals surface area contributed by atoms with E-state index in [1.165, 1.54) is 12.1 Å². The SMILES string of the molecule is Cc1nccn1-c1ccccc1CNC(=S)Nc1ccc(Cl)c(C(F)(F)F)c1. The van der Waals surface area contributed by atoms with Gasteiger partial charge in [-0.1, -0.05) is 29.8 Å². The number of hydrogen-bond acceptors (Lipinski definition) is 2. The normalized spacial score (nSPS) is 11.3. The van der Waals surface area contributed by atoms with E-state index in [9.17, 15) is 13.2 Å². The molecule has 1 heterocycles. The molecule has 4 nitrogen and oxygen atoms in total. The van der Waals surface area contributed by atoms with E-state index >= 15 is 0 Å². The minimum Gasteiger partial charge on any atom is -0.358 e. The fourth-order valence-corrected chi connectivity index (χ4v) is 3.11. The second-order valence-electron chi connectivity index (χ2n) is 5.97. The highest BCUT2D eigenvalue weighted by atomic mass is 35.5. The summed E-state index contributed by atoms with van der Waals surface area (Å²) in [5.41, 5.74) is 1.19. The average Bonchev–Trinajstić information content (AvgIpc) is 3.07. The van der Waals surface area contributed by atoms with Gasteiger partial charge in [0.2, 0.25) is 0 Å². The monoisotopic (exact) mass is 424 g/mol. The second-order valence-corrected chi connectivity index (χ2v) is 6.79. The first-order chi connectivity index (χ1) is 13.3. The third kappa shape index (κ3) is 4.63. The predicted octanol–water partition coefficient (Wildman–Crippen LogP) is 5.34. The minimum absolute atomic E-state index is 0.201. The Bertz CT molecular complexity index is 1000. The summed E-state index contributed by atoms with van der Waals surface area (Å²) in [6.45, 7) is 2.29. The molecule has 3 rings (SSSR count). The van der Waals surface area contributed by atoms with Crippen molar-refractivity contribution in [1.82, 2.24) is 14.9 Å². The first-order valence-electron chi connectivity index (χ1n) is 8.25. The fraction of sp³-hybridized carbons (Fsp3) is 0.158. The van der Waals surface area contributed by atoms with Crippen LogP contribution in [0.5, 0.6) is 0 Å². The maximum atomic E-state index is 13.0. The van der Waals surface area contributed by atoms with Gasteiger partial charge in [-0.2, -0.15) is 13.2 Å². The number of anilines is 1. The Balaban J connectivity index is 1.70. The van der Waals surface area contributed by atoms with Crippen molar-refractivity contribution in [3.05, 3.63) is 76.8 Å². The van der Waals surface area contributed by atoms with E-state index < -0.39 is 11.7 Å². The number of nitrogens with zero attached hydrogens (tertiary/aromatic N) is 2. The van der Waals surface area contributed by atoms with Gasteiger partial charge in [0, 0.05) is 24.6 Å².